The van der Waals surface area contributed by atoms with E-state index in [1.807, 2.05) is 0 Å². The minimum atomic E-state index is -0.665. The third-order valence-corrected chi connectivity index (χ3v) is 1.66. The minimum Gasteiger partial charge on any atom is -0.628 e. The van der Waals surface area contributed by atoms with E-state index in [0.717, 1.165) is 0 Å². The molecule has 0 spiro atoms. The van der Waals surface area contributed by atoms with Crippen molar-refractivity contribution in [2.75, 3.05) is 14.1 Å². The summed E-state index contributed by atoms with van der Waals surface area (Å²) in [5.74, 6) is 0. The molecule has 5 nitrogen and oxygen atoms in total. The van der Waals surface area contributed by atoms with Crippen LogP contribution in [0.4, 0.5) is 11.4 Å². The van der Waals surface area contributed by atoms with Gasteiger partial charge in [-0.15, -0.1) is 0 Å². The lowest BCUT2D eigenvalue weighted by Crippen LogP contribution is -2.32. The summed E-state index contributed by atoms with van der Waals surface area (Å²) in [5.41, 5.74) is 0.314. The van der Waals surface area contributed by atoms with Crippen LogP contribution in [0.5, 0.6) is 0 Å². The van der Waals surface area contributed by atoms with E-state index in [1.165, 1.54) is 32.3 Å². The summed E-state index contributed by atoms with van der Waals surface area (Å²) in [4.78, 5) is 9.86. The average Bonchev–Trinajstić information content (AvgIpc) is 2.03. The van der Waals surface area contributed by atoms with Crippen LogP contribution in [-0.4, -0.2) is 19.0 Å². The van der Waals surface area contributed by atoms with Gasteiger partial charge in [0.1, 0.15) is 5.69 Å². The molecule has 0 fully saturated rings. The van der Waals surface area contributed by atoms with E-state index in [0.29, 0.717) is 5.69 Å². The summed E-state index contributed by atoms with van der Waals surface area (Å²) in [6, 6.07) is 5.72. The van der Waals surface area contributed by atoms with E-state index in [4.69, 9.17) is 0 Å². The molecule has 0 amide bonds. The van der Waals surface area contributed by atoms with Crippen LogP contribution >= 0.6 is 0 Å². The van der Waals surface area contributed by atoms with Crippen molar-refractivity contribution in [1.82, 2.24) is 4.65 Å². The van der Waals surface area contributed by atoms with Gasteiger partial charge in [0.15, 0.2) is 0 Å². The van der Waals surface area contributed by atoms with Crippen LogP contribution in [0.3, 0.4) is 0 Å². The van der Waals surface area contributed by atoms with E-state index >= 15 is 0 Å². The summed E-state index contributed by atoms with van der Waals surface area (Å²) in [6.07, 6.45) is 0. The van der Waals surface area contributed by atoms with Crippen molar-refractivity contribution < 1.29 is 4.92 Å². The number of nitro groups is 1. The Hall–Kier alpha value is -1.46. The van der Waals surface area contributed by atoms with Gasteiger partial charge in [-0.05, 0) is 12.1 Å². The van der Waals surface area contributed by atoms with Gasteiger partial charge in [0, 0.05) is 6.07 Å². The molecule has 0 saturated heterocycles. The normalized spacial score (nSPS) is 11.3. The average molecular weight is 182 g/mol. The van der Waals surface area contributed by atoms with Crippen LogP contribution in [0.25, 0.3) is 0 Å². The molecule has 5 heteroatoms. The zero-order chi connectivity index (χ0) is 10.1. The first-order valence-electron chi connectivity index (χ1n) is 3.71. The van der Waals surface area contributed by atoms with Gasteiger partial charge >= 0.3 is 0 Å². The van der Waals surface area contributed by atoms with Crippen LogP contribution in [0, 0.1) is 15.3 Å². The van der Waals surface area contributed by atoms with E-state index in [-0.39, 0.29) is 5.69 Å². The van der Waals surface area contributed by atoms with Gasteiger partial charge in [-0.25, -0.2) is 0 Å². The fraction of sp³-hybridized carbons (Fsp3) is 0.250. The molecule has 0 radical (unpaired) electrons. The van der Waals surface area contributed by atoms with Crippen molar-refractivity contribution in [3.63, 3.8) is 0 Å². The first-order chi connectivity index (χ1) is 5.91. The van der Waals surface area contributed by atoms with Gasteiger partial charge in [-0.3, -0.25) is 10.1 Å². The SMILES string of the molecule is C[N+](C)([O-])c1cccc([N+](=O)[O-])c1. The first kappa shape index (κ1) is 9.63. The lowest BCUT2D eigenvalue weighted by molar-refractivity contribution is -0.384. The van der Waals surface area contributed by atoms with Gasteiger partial charge < -0.3 is 9.85 Å². The van der Waals surface area contributed by atoms with E-state index in [2.05, 4.69) is 0 Å². The number of hydrogen-bond donors (Lipinski definition) is 0. The Labute approximate surface area is 75.5 Å². The maximum absolute atomic E-state index is 11.4. The van der Waals surface area contributed by atoms with Crippen molar-refractivity contribution in [2.24, 2.45) is 0 Å². The third kappa shape index (κ3) is 2.24. The highest BCUT2D eigenvalue weighted by Crippen LogP contribution is 2.22. The number of hydroxylamine groups is 2. The highest BCUT2D eigenvalue weighted by Gasteiger charge is 2.12. The van der Waals surface area contributed by atoms with E-state index in [1.54, 1.807) is 6.07 Å². The second kappa shape index (κ2) is 3.12. The molecule has 0 N–H and O–H groups in total. The molecule has 0 aromatic heterocycles. The lowest BCUT2D eigenvalue weighted by Gasteiger charge is -2.32. The molecule has 0 aliphatic rings. The summed E-state index contributed by atoms with van der Waals surface area (Å²) in [6.45, 7) is 0. The quantitative estimate of drug-likeness (QED) is 0.397. The Morgan fingerprint density at radius 3 is 2.46 bits per heavy atom. The van der Waals surface area contributed by atoms with Gasteiger partial charge in [-0.2, -0.15) is 0 Å². The van der Waals surface area contributed by atoms with Crippen LogP contribution in [-0.2, 0) is 0 Å². The maximum Gasteiger partial charge on any atom is 0.275 e. The molecule has 0 aliphatic heterocycles. The van der Waals surface area contributed by atoms with E-state index < -0.39 is 9.57 Å². The van der Waals surface area contributed by atoms with Crippen LogP contribution in [0.15, 0.2) is 24.3 Å². The zero-order valence-electron chi connectivity index (χ0n) is 7.43. The monoisotopic (exact) mass is 182 g/mol. The standard InChI is InChI=1S/C8H10N2O3/c1-10(2,13)8-5-3-4-7(6-8)9(11)12/h3-6H,1-2H3. The number of nitro benzene ring substituents is 1. The van der Waals surface area contributed by atoms with Crippen LogP contribution in [0.2, 0.25) is 0 Å². The first-order valence-corrected chi connectivity index (χ1v) is 3.71. The molecule has 1 aromatic rings. The predicted octanol–water partition coefficient (Wildman–Crippen LogP) is 1.66. The number of non-ortho nitro benzene ring substituents is 1. The number of hydrogen-bond acceptors (Lipinski definition) is 3. The lowest BCUT2D eigenvalue weighted by atomic mass is 10.2. The molecule has 0 aliphatic carbocycles. The zero-order valence-corrected chi connectivity index (χ0v) is 7.43. The topological polar surface area (TPSA) is 66.2 Å². The molecular formula is C8H10N2O3. The van der Waals surface area contributed by atoms with Crippen molar-refractivity contribution in [1.29, 1.82) is 0 Å². The fourth-order valence-corrected chi connectivity index (χ4v) is 0.942. The maximum atomic E-state index is 11.4. The smallest absolute Gasteiger partial charge is 0.275 e. The van der Waals surface area contributed by atoms with Crippen molar-refractivity contribution in [3.05, 3.63) is 39.6 Å². The second-order valence-corrected chi connectivity index (χ2v) is 3.13. The molecule has 0 heterocycles. The fourth-order valence-electron chi connectivity index (χ4n) is 0.942. The summed E-state index contributed by atoms with van der Waals surface area (Å²) < 4.78 is -0.665. The van der Waals surface area contributed by atoms with Gasteiger partial charge in [0.2, 0.25) is 0 Å². The summed E-state index contributed by atoms with van der Waals surface area (Å²) >= 11 is 0. The van der Waals surface area contributed by atoms with Crippen LogP contribution < -0.4 is 4.65 Å². The van der Waals surface area contributed by atoms with Crippen molar-refractivity contribution in [3.8, 4) is 0 Å². The Balaban J connectivity index is 3.13. The number of rotatable bonds is 2. The predicted molar refractivity (Wildman–Crippen MR) is 50.1 cm³/mol. The van der Waals surface area contributed by atoms with Gasteiger partial charge in [-0.1, -0.05) is 0 Å². The molecule has 0 unspecified atom stereocenters. The van der Waals surface area contributed by atoms with Gasteiger partial charge in [0.25, 0.3) is 5.69 Å². The molecule has 70 valence electrons. The molecule has 0 saturated carbocycles. The molecule has 0 atom stereocenters. The molecular weight excluding hydrogens is 172 g/mol. The Kier molecular flexibility index (Phi) is 2.31. The Bertz CT molecular complexity index is 330. The molecule has 0 bridgehead atoms. The summed E-state index contributed by atoms with van der Waals surface area (Å²) in [7, 11) is 2.83. The third-order valence-electron chi connectivity index (χ3n) is 1.66. The Morgan fingerprint density at radius 2 is 2.00 bits per heavy atom. The van der Waals surface area contributed by atoms with Crippen molar-refractivity contribution in [2.45, 2.75) is 0 Å². The van der Waals surface area contributed by atoms with E-state index in [9.17, 15) is 15.3 Å². The molecule has 1 rings (SSSR count). The number of nitrogens with zero attached hydrogens (tertiary/aromatic N) is 2. The highest BCUT2D eigenvalue weighted by molar-refractivity contribution is 5.50. The summed E-state index contributed by atoms with van der Waals surface area (Å²) in [5, 5.41) is 21.8. The highest BCUT2D eigenvalue weighted by atomic mass is 16.6. The number of quaternary nitrogens is 1. The Morgan fingerprint density at radius 1 is 1.38 bits per heavy atom. The molecule has 13 heavy (non-hydrogen) atoms. The van der Waals surface area contributed by atoms with Crippen molar-refractivity contribution >= 4 is 11.4 Å². The van der Waals surface area contributed by atoms with Crippen LogP contribution in [0.1, 0.15) is 0 Å². The van der Waals surface area contributed by atoms with Gasteiger partial charge in [0.05, 0.1) is 25.1 Å². The largest absolute Gasteiger partial charge is 0.628 e. The second-order valence-electron chi connectivity index (χ2n) is 3.13. The number of benzene rings is 1. The minimum absolute atomic E-state index is 0.0560. The molecule has 1 aromatic carbocycles.